The molecule has 1 amide bonds. The highest BCUT2D eigenvalue weighted by atomic mass is 16.2. The number of benzene rings is 2. The molecule has 45 heavy (non-hydrogen) atoms. The Morgan fingerprint density at radius 3 is 2.36 bits per heavy atom. The maximum absolute atomic E-state index is 13.2. The van der Waals surface area contributed by atoms with E-state index in [-0.39, 0.29) is 17.4 Å². The van der Waals surface area contributed by atoms with Gasteiger partial charge in [-0.3, -0.25) is 24.0 Å². The number of hydrogen-bond acceptors (Lipinski definition) is 8. The minimum atomic E-state index is -0.217. The molecule has 0 radical (unpaired) electrons. The van der Waals surface area contributed by atoms with Crippen LogP contribution in [0.4, 0.5) is 5.95 Å². The third kappa shape index (κ3) is 6.99. The molecule has 4 heterocycles. The monoisotopic (exact) mass is 605 g/mol. The number of rotatable bonds is 10. The summed E-state index contributed by atoms with van der Waals surface area (Å²) < 4.78 is 1.81. The minimum absolute atomic E-state index is 0.0104. The smallest absolute Gasteiger partial charge is 0.260 e. The quantitative estimate of drug-likeness (QED) is 0.105. The molecule has 3 aromatic heterocycles. The number of amides is 1. The van der Waals surface area contributed by atoms with Crippen molar-refractivity contribution >= 4 is 23.6 Å². The van der Waals surface area contributed by atoms with Crippen LogP contribution in [0.3, 0.4) is 0 Å². The molecule has 6 N–H and O–H groups in total. The fourth-order valence-corrected chi connectivity index (χ4v) is 5.27. The Morgan fingerprint density at radius 2 is 1.64 bits per heavy atom. The highest BCUT2D eigenvalue weighted by molar-refractivity contribution is 5.94. The molecule has 0 saturated carbocycles. The number of nitrogens with two attached hydrogens (primary N) is 2. The van der Waals surface area contributed by atoms with Gasteiger partial charge in [0.25, 0.3) is 11.5 Å². The van der Waals surface area contributed by atoms with Crippen LogP contribution in [0.15, 0.2) is 89.2 Å². The molecule has 13 heteroatoms. The van der Waals surface area contributed by atoms with Crippen molar-refractivity contribution in [2.24, 2.45) is 16.5 Å². The zero-order chi connectivity index (χ0) is 31.2. The van der Waals surface area contributed by atoms with Gasteiger partial charge in [-0.05, 0) is 42.3 Å². The van der Waals surface area contributed by atoms with Gasteiger partial charge in [0, 0.05) is 75.2 Å². The van der Waals surface area contributed by atoms with E-state index in [1.165, 1.54) is 0 Å². The third-order valence-corrected chi connectivity index (χ3v) is 7.70. The predicted octanol–water partition coefficient (Wildman–Crippen LogP) is 1.86. The van der Waals surface area contributed by atoms with Crippen molar-refractivity contribution in [3.05, 3.63) is 101 Å². The summed E-state index contributed by atoms with van der Waals surface area (Å²) in [5.74, 6) is 1.23. The Hall–Kier alpha value is -5.56. The molecule has 0 aliphatic carbocycles. The van der Waals surface area contributed by atoms with Crippen LogP contribution in [0.1, 0.15) is 22.3 Å². The highest BCUT2D eigenvalue weighted by Gasteiger charge is 2.23. The van der Waals surface area contributed by atoms with Gasteiger partial charge in [0.1, 0.15) is 0 Å². The molecule has 1 aliphatic heterocycles. The van der Waals surface area contributed by atoms with Crippen molar-refractivity contribution in [3.63, 3.8) is 0 Å². The first-order valence-electron chi connectivity index (χ1n) is 14.8. The SMILES string of the molecule is NC(N)=NCCCNCc1ccc(-c2cn3cc(-c4ccc(C(=O)N5CCN(c6ncccn6)CC5)cc4)nc3[nH]c2=O)cc1. The summed E-state index contributed by atoms with van der Waals surface area (Å²) in [7, 11) is 0. The number of imidazole rings is 1. The first-order chi connectivity index (χ1) is 21.9. The Balaban J connectivity index is 1.08. The normalized spacial score (nSPS) is 13.2. The second kappa shape index (κ2) is 13.4. The Labute approximate surface area is 259 Å². The van der Waals surface area contributed by atoms with E-state index in [1.807, 2.05) is 64.0 Å². The summed E-state index contributed by atoms with van der Waals surface area (Å²) in [5.41, 5.74) is 15.1. The van der Waals surface area contributed by atoms with Crippen molar-refractivity contribution < 1.29 is 4.79 Å². The van der Waals surface area contributed by atoms with Gasteiger partial charge in [0.2, 0.25) is 11.7 Å². The summed E-state index contributed by atoms with van der Waals surface area (Å²) in [6, 6.07) is 17.1. The molecular weight excluding hydrogens is 570 g/mol. The molecule has 1 aliphatic rings. The summed E-state index contributed by atoms with van der Waals surface area (Å²) in [4.78, 5) is 50.2. The number of nitrogens with one attached hydrogen (secondary N) is 2. The lowest BCUT2D eigenvalue weighted by atomic mass is 10.1. The van der Waals surface area contributed by atoms with Gasteiger partial charge >= 0.3 is 0 Å². The minimum Gasteiger partial charge on any atom is -0.370 e. The van der Waals surface area contributed by atoms with Crippen LogP contribution in [0.5, 0.6) is 0 Å². The van der Waals surface area contributed by atoms with Crippen molar-refractivity contribution in [1.29, 1.82) is 0 Å². The lowest BCUT2D eigenvalue weighted by Gasteiger charge is -2.34. The van der Waals surface area contributed by atoms with E-state index in [0.717, 1.165) is 29.7 Å². The van der Waals surface area contributed by atoms with E-state index >= 15 is 0 Å². The van der Waals surface area contributed by atoms with Crippen molar-refractivity contribution in [1.82, 2.24) is 34.6 Å². The van der Waals surface area contributed by atoms with Gasteiger partial charge in [-0.1, -0.05) is 36.4 Å². The third-order valence-electron chi connectivity index (χ3n) is 7.70. The van der Waals surface area contributed by atoms with E-state index < -0.39 is 0 Å². The van der Waals surface area contributed by atoms with Gasteiger partial charge in [0.05, 0.1) is 11.3 Å². The molecule has 5 aromatic rings. The fourth-order valence-electron chi connectivity index (χ4n) is 5.27. The Bertz CT molecular complexity index is 1840. The lowest BCUT2D eigenvalue weighted by molar-refractivity contribution is 0.0746. The topological polar surface area (TPSA) is 176 Å². The van der Waals surface area contributed by atoms with Crippen LogP contribution in [0.25, 0.3) is 28.2 Å². The number of H-pyrrole nitrogens is 1. The predicted molar refractivity (Wildman–Crippen MR) is 174 cm³/mol. The van der Waals surface area contributed by atoms with Crippen LogP contribution < -0.4 is 27.2 Å². The summed E-state index contributed by atoms with van der Waals surface area (Å²) in [6.07, 6.45) is 7.95. The van der Waals surface area contributed by atoms with Crippen LogP contribution in [0, 0.1) is 0 Å². The largest absolute Gasteiger partial charge is 0.370 e. The number of carbonyl (C=O) groups excluding carboxylic acids is 1. The number of nitrogens with zero attached hydrogens (tertiary/aromatic N) is 7. The van der Waals surface area contributed by atoms with E-state index in [4.69, 9.17) is 11.5 Å². The molecule has 0 spiro atoms. The van der Waals surface area contributed by atoms with Gasteiger partial charge < -0.3 is 26.6 Å². The van der Waals surface area contributed by atoms with Gasteiger partial charge in [0.15, 0.2) is 5.96 Å². The van der Waals surface area contributed by atoms with E-state index in [2.05, 4.69) is 35.1 Å². The molecule has 1 saturated heterocycles. The first-order valence-corrected chi connectivity index (χ1v) is 14.8. The second-order valence-electron chi connectivity index (χ2n) is 10.8. The zero-order valence-electron chi connectivity index (χ0n) is 24.8. The van der Waals surface area contributed by atoms with Crippen molar-refractivity contribution in [2.45, 2.75) is 13.0 Å². The molecule has 0 unspecified atom stereocenters. The van der Waals surface area contributed by atoms with Gasteiger partial charge in [-0.2, -0.15) is 0 Å². The molecule has 230 valence electrons. The number of aromatic nitrogens is 5. The molecule has 13 nitrogen and oxygen atoms in total. The number of anilines is 1. The van der Waals surface area contributed by atoms with Gasteiger partial charge in [-0.15, -0.1) is 0 Å². The summed E-state index contributed by atoms with van der Waals surface area (Å²) >= 11 is 0. The molecule has 2 aromatic carbocycles. The molecule has 6 rings (SSSR count). The van der Waals surface area contributed by atoms with Crippen molar-refractivity contribution in [2.75, 3.05) is 44.2 Å². The molecule has 1 fully saturated rings. The maximum Gasteiger partial charge on any atom is 0.260 e. The fraction of sp³-hybridized carbons (Fsp3) is 0.250. The average molecular weight is 606 g/mol. The molecule has 0 atom stereocenters. The number of piperazine rings is 1. The number of carbonyl (C=O) groups is 1. The second-order valence-corrected chi connectivity index (χ2v) is 10.8. The molecular formula is C32H35N11O2. The van der Waals surface area contributed by atoms with E-state index in [1.54, 1.807) is 24.7 Å². The number of guanidine groups is 1. The summed E-state index contributed by atoms with van der Waals surface area (Å²) in [5, 5.41) is 3.36. The van der Waals surface area contributed by atoms with Gasteiger partial charge in [-0.25, -0.2) is 15.0 Å². The van der Waals surface area contributed by atoms with Crippen LogP contribution >= 0.6 is 0 Å². The Kier molecular flexibility index (Phi) is 8.78. The van der Waals surface area contributed by atoms with Crippen LogP contribution in [-0.4, -0.2) is 80.4 Å². The van der Waals surface area contributed by atoms with Crippen LogP contribution in [-0.2, 0) is 6.54 Å². The molecule has 0 bridgehead atoms. The lowest BCUT2D eigenvalue weighted by Crippen LogP contribution is -2.49. The number of aromatic amines is 1. The standard InChI is InChI=1S/C32H35N11O2/c33-30(34)36-12-1-11-35-19-22-3-5-23(6-4-22)26-20-43-21-27(39-32(43)40-28(26)44)24-7-9-25(10-8-24)29(45)41-15-17-42(18-16-41)31-37-13-2-14-38-31/h2-10,13-14,20-21,35H,1,11-12,15-19H2,(H4,33,34,36)(H,39,40,44). The zero-order valence-corrected chi connectivity index (χ0v) is 24.8. The Morgan fingerprint density at radius 1 is 0.933 bits per heavy atom. The van der Waals surface area contributed by atoms with E-state index in [0.29, 0.717) is 67.8 Å². The van der Waals surface area contributed by atoms with Crippen molar-refractivity contribution in [3.8, 4) is 22.4 Å². The highest BCUT2D eigenvalue weighted by Crippen LogP contribution is 2.22. The summed E-state index contributed by atoms with van der Waals surface area (Å²) in [6.45, 7) is 4.64. The van der Waals surface area contributed by atoms with E-state index in [9.17, 15) is 9.59 Å². The number of fused-ring (bicyclic) bond motifs is 1. The maximum atomic E-state index is 13.2. The number of aliphatic imine (C=N–C) groups is 1. The van der Waals surface area contributed by atoms with Crippen LogP contribution in [0.2, 0.25) is 0 Å². The first kappa shape index (κ1) is 29.5. The number of hydrogen-bond donors (Lipinski definition) is 4. The average Bonchev–Trinajstić information content (AvgIpc) is 3.49.